The van der Waals surface area contributed by atoms with Crippen LogP contribution in [0.4, 0.5) is 5.69 Å². The van der Waals surface area contributed by atoms with Crippen LogP contribution in [-0.2, 0) is 12.8 Å². The van der Waals surface area contributed by atoms with Gasteiger partial charge in [-0.2, -0.15) is 0 Å². The smallest absolute Gasteiger partial charge is 0.0393 e. The molecule has 2 N–H and O–H groups in total. The van der Waals surface area contributed by atoms with Crippen molar-refractivity contribution in [1.82, 2.24) is 0 Å². The molecule has 1 nitrogen and oxygen atoms in total. The van der Waals surface area contributed by atoms with Crippen molar-refractivity contribution >= 4 is 11.8 Å². The van der Waals surface area contributed by atoms with Gasteiger partial charge in [-0.1, -0.05) is 38.5 Å². The van der Waals surface area contributed by atoms with Gasteiger partial charge in [-0.25, -0.2) is 0 Å². The molecule has 0 fully saturated rings. The lowest BCUT2D eigenvalue weighted by molar-refractivity contribution is 0.390. The van der Waals surface area contributed by atoms with E-state index in [9.17, 15) is 0 Å². The third-order valence-corrected chi connectivity index (χ3v) is 4.39. The summed E-state index contributed by atoms with van der Waals surface area (Å²) in [4.78, 5) is 0. The first-order chi connectivity index (χ1) is 10.4. The lowest BCUT2D eigenvalue weighted by Crippen LogP contribution is -2.20. The standard InChI is InChI=1S/C21H29N/c1-5-8-17-13-18-15-21(4,11-7-6-9-16(2)3)12-10-19(18)20(22)14-17/h6,10,12-14H,5,7-8,11,15,22H2,1-4H3. The van der Waals surface area contributed by atoms with Crippen LogP contribution in [0.15, 0.2) is 35.6 Å². The molecule has 1 unspecified atom stereocenters. The van der Waals surface area contributed by atoms with E-state index in [4.69, 9.17) is 5.73 Å². The first-order valence-electron chi connectivity index (χ1n) is 8.42. The van der Waals surface area contributed by atoms with Crippen molar-refractivity contribution in [2.45, 2.75) is 59.8 Å². The van der Waals surface area contributed by atoms with Crippen LogP contribution in [0.1, 0.15) is 63.6 Å². The number of aryl methyl sites for hydroxylation is 1. The second kappa shape index (κ2) is 7.03. The number of nitrogen functional groups attached to an aromatic ring is 1. The highest BCUT2D eigenvalue weighted by molar-refractivity contribution is 5.71. The van der Waals surface area contributed by atoms with Gasteiger partial charge >= 0.3 is 0 Å². The fraction of sp³-hybridized carbons (Fsp3) is 0.476. The van der Waals surface area contributed by atoms with E-state index < -0.39 is 0 Å². The molecule has 1 aromatic rings. The topological polar surface area (TPSA) is 26.0 Å². The van der Waals surface area contributed by atoms with E-state index in [1.807, 2.05) is 0 Å². The lowest BCUT2D eigenvalue weighted by Gasteiger charge is -2.31. The minimum atomic E-state index is 0.226. The van der Waals surface area contributed by atoms with Gasteiger partial charge in [0.1, 0.15) is 0 Å². The molecule has 0 spiro atoms. The Morgan fingerprint density at radius 1 is 1.36 bits per heavy atom. The summed E-state index contributed by atoms with van der Waals surface area (Å²) in [5, 5.41) is 0. The van der Waals surface area contributed by atoms with E-state index in [0.29, 0.717) is 0 Å². The Bertz CT molecular complexity index is 626. The molecule has 0 aromatic heterocycles. The van der Waals surface area contributed by atoms with Gasteiger partial charge in [0.25, 0.3) is 0 Å². The normalized spacial score (nSPS) is 19.5. The Morgan fingerprint density at radius 3 is 2.82 bits per heavy atom. The number of fused-ring (bicyclic) bond motifs is 1. The molecule has 0 bridgehead atoms. The molecule has 1 aliphatic carbocycles. The molecular formula is C21H29N. The molecule has 2 rings (SSSR count). The molecule has 0 saturated heterocycles. The number of hydrogen-bond donors (Lipinski definition) is 1. The summed E-state index contributed by atoms with van der Waals surface area (Å²) in [6, 6.07) is 4.51. The van der Waals surface area contributed by atoms with E-state index in [-0.39, 0.29) is 5.41 Å². The molecule has 1 heteroatoms. The average molecular weight is 295 g/mol. The first kappa shape index (κ1) is 16.6. The predicted octanol–water partition coefficient (Wildman–Crippen LogP) is 5.70. The SMILES string of the molecule is CCCc1cc(N)c2c(c1)CC(C)(CCC=C=C(C)C)C=C2. The Hall–Kier alpha value is -1.72. The fourth-order valence-corrected chi connectivity index (χ4v) is 3.22. The maximum absolute atomic E-state index is 6.25. The van der Waals surface area contributed by atoms with Crippen LogP contribution in [0.25, 0.3) is 6.08 Å². The summed E-state index contributed by atoms with van der Waals surface area (Å²) >= 11 is 0. The number of anilines is 1. The second-order valence-electron chi connectivity index (χ2n) is 7.06. The van der Waals surface area contributed by atoms with Crippen molar-refractivity contribution in [2.75, 3.05) is 5.73 Å². The van der Waals surface area contributed by atoms with E-state index in [0.717, 1.165) is 31.4 Å². The zero-order valence-electron chi connectivity index (χ0n) is 14.5. The zero-order valence-corrected chi connectivity index (χ0v) is 14.5. The minimum absolute atomic E-state index is 0.226. The number of allylic oxidation sites excluding steroid dienone is 2. The van der Waals surface area contributed by atoms with Gasteiger partial charge in [-0.15, -0.1) is 5.73 Å². The van der Waals surface area contributed by atoms with Gasteiger partial charge in [-0.05, 0) is 73.8 Å². The maximum atomic E-state index is 6.25. The van der Waals surface area contributed by atoms with Crippen LogP contribution in [0.5, 0.6) is 0 Å². The van der Waals surface area contributed by atoms with Gasteiger partial charge in [0.15, 0.2) is 0 Å². The lowest BCUT2D eigenvalue weighted by atomic mass is 9.74. The summed E-state index contributed by atoms with van der Waals surface area (Å²) in [7, 11) is 0. The van der Waals surface area contributed by atoms with Gasteiger partial charge in [0, 0.05) is 11.3 Å². The second-order valence-corrected chi connectivity index (χ2v) is 7.06. The molecule has 1 aliphatic rings. The highest BCUT2D eigenvalue weighted by Crippen LogP contribution is 2.38. The minimum Gasteiger partial charge on any atom is -0.398 e. The van der Waals surface area contributed by atoms with Crippen molar-refractivity contribution in [1.29, 1.82) is 0 Å². The molecular weight excluding hydrogens is 266 g/mol. The van der Waals surface area contributed by atoms with Crippen LogP contribution >= 0.6 is 0 Å². The van der Waals surface area contributed by atoms with Gasteiger partial charge in [0.05, 0.1) is 0 Å². The average Bonchev–Trinajstić information content (AvgIpc) is 2.43. The molecule has 0 radical (unpaired) electrons. The Balaban J connectivity index is 2.17. The Kier molecular flexibility index (Phi) is 5.32. The summed E-state index contributed by atoms with van der Waals surface area (Å²) < 4.78 is 0. The molecule has 1 atom stereocenters. The number of rotatable bonds is 5. The summed E-state index contributed by atoms with van der Waals surface area (Å²) in [6.45, 7) is 8.75. The first-order valence-corrected chi connectivity index (χ1v) is 8.42. The molecule has 1 aromatic carbocycles. The van der Waals surface area contributed by atoms with Crippen molar-refractivity contribution in [3.63, 3.8) is 0 Å². The molecule has 0 aliphatic heterocycles. The van der Waals surface area contributed by atoms with Gasteiger partial charge in [-0.3, -0.25) is 0 Å². The number of benzene rings is 1. The van der Waals surface area contributed by atoms with Crippen molar-refractivity contribution in [3.8, 4) is 0 Å². The quantitative estimate of drug-likeness (QED) is 0.547. The highest BCUT2D eigenvalue weighted by atomic mass is 14.6. The Labute approximate surface area is 135 Å². The van der Waals surface area contributed by atoms with Crippen LogP contribution in [-0.4, -0.2) is 0 Å². The summed E-state index contributed by atoms with van der Waals surface area (Å²) in [5.41, 5.74) is 16.0. The highest BCUT2D eigenvalue weighted by Gasteiger charge is 2.26. The molecule has 22 heavy (non-hydrogen) atoms. The van der Waals surface area contributed by atoms with Gasteiger partial charge < -0.3 is 5.73 Å². The van der Waals surface area contributed by atoms with Crippen LogP contribution in [0, 0.1) is 5.41 Å². The predicted molar refractivity (Wildman–Crippen MR) is 97.9 cm³/mol. The molecule has 0 saturated carbocycles. The molecule has 118 valence electrons. The number of nitrogens with two attached hydrogens (primary N) is 1. The van der Waals surface area contributed by atoms with Crippen molar-refractivity contribution in [3.05, 3.63) is 52.3 Å². The van der Waals surface area contributed by atoms with E-state index >= 15 is 0 Å². The van der Waals surface area contributed by atoms with Crippen LogP contribution in [0.2, 0.25) is 0 Å². The summed E-state index contributed by atoms with van der Waals surface area (Å²) in [6.07, 6.45) is 12.3. The van der Waals surface area contributed by atoms with E-state index in [2.05, 4.69) is 63.8 Å². The maximum Gasteiger partial charge on any atom is 0.0393 e. The molecule has 0 amide bonds. The van der Waals surface area contributed by atoms with Gasteiger partial charge in [0.2, 0.25) is 0 Å². The van der Waals surface area contributed by atoms with Crippen LogP contribution < -0.4 is 5.73 Å². The van der Waals surface area contributed by atoms with Crippen LogP contribution in [0.3, 0.4) is 0 Å². The fourth-order valence-electron chi connectivity index (χ4n) is 3.22. The Morgan fingerprint density at radius 2 is 2.14 bits per heavy atom. The van der Waals surface area contributed by atoms with Crippen molar-refractivity contribution < 1.29 is 0 Å². The summed E-state index contributed by atoms with van der Waals surface area (Å²) in [5.74, 6) is 0. The number of hydrogen-bond acceptors (Lipinski definition) is 1. The van der Waals surface area contributed by atoms with E-state index in [1.54, 1.807) is 0 Å². The third kappa shape index (κ3) is 4.15. The largest absolute Gasteiger partial charge is 0.398 e. The van der Waals surface area contributed by atoms with Crippen molar-refractivity contribution in [2.24, 2.45) is 5.41 Å². The van der Waals surface area contributed by atoms with E-state index in [1.165, 1.54) is 28.7 Å². The molecule has 0 heterocycles. The zero-order chi connectivity index (χ0) is 16.2. The third-order valence-electron chi connectivity index (χ3n) is 4.39. The monoisotopic (exact) mass is 295 g/mol.